The Kier molecular flexibility index (Phi) is 6.62. The molecule has 17 heavy (non-hydrogen) atoms. The van der Waals surface area contributed by atoms with Gasteiger partial charge in [0.2, 0.25) is 0 Å². The Balaban J connectivity index is 2.06. The van der Waals surface area contributed by atoms with Crippen LogP contribution in [0.3, 0.4) is 0 Å². The molecule has 1 aliphatic rings. The number of hydrogen-bond acceptors (Lipinski definition) is 5. The maximum atomic E-state index is 11.3. The summed E-state index contributed by atoms with van der Waals surface area (Å²) in [6.07, 6.45) is 3.73. The molecule has 2 atom stereocenters. The van der Waals surface area contributed by atoms with Crippen molar-refractivity contribution < 1.29 is 23.8 Å². The molecule has 98 valence electrons. The molecule has 0 amide bonds. The van der Waals surface area contributed by atoms with E-state index >= 15 is 0 Å². The molecule has 0 aromatic carbocycles. The minimum absolute atomic E-state index is 0.143. The largest absolute Gasteiger partial charge is 0.463 e. The van der Waals surface area contributed by atoms with Crippen molar-refractivity contribution in [3.05, 3.63) is 0 Å². The van der Waals surface area contributed by atoms with Crippen molar-refractivity contribution in [2.75, 3.05) is 13.2 Å². The summed E-state index contributed by atoms with van der Waals surface area (Å²) >= 11 is 0. The Bertz CT molecular complexity index is 241. The zero-order chi connectivity index (χ0) is 12.5. The van der Waals surface area contributed by atoms with Crippen LogP contribution in [0.25, 0.3) is 0 Å². The van der Waals surface area contributed by atoms with E-state index in [4.69, 9.17) is 14.2 Å². The predicted octanol–water partition coefficient (Wildman–Crippen LogP) is 1.44. The molecule has 0 N–H and O–H groups in total. The first kappa shape index (κ1) is 14.0. The molecule has 0 aliphatic carbocycles. The third kappa shape index (κ3) is 5.68. The molecule has 0 aromatic heterocycles. The lowest BCUT2D eigenvalue weighted by Gasteiger charge is -2.10. The van der Waals surface area contributed by atoms with E-state index in [-0.39, 0.29) is 24.8 Å². The fourth-order valence-electron chi connectivity index (χ4n) is 1.74. The summed E-state index contributed by atoms with van der Waals surface area (Å²) < 4.78 is 15.2. The van der Waals surface area contributed by atoms with E-state index in [1.54, 1.807) is 0 Å². The molecule has 2 unspecified atom stereocenters. The first-order chi connectivity index (χ1) is 8.26. The molecule has 1 aliphatic heterocycles. The summed E-state index contributed by atoms with van der Waals surface area (Å²) in [5.74, 6) is -0.179. The van der Waals surface area contributed by atoms with Gasteiger partial charge in [-0.3, -0.25) is 9.59 Å². The first-order valence-electron chi connectivity index (χ1n) is 6.12. The zero-order valence-electron chi connectivity index (χ0n) is 10.2. The lowest BCUT2D eigenvalue weighted by atomic mass is 10.2. The smallest absolute Gasteiger partial charge is 0.305 e. The van der Waals surface area contributed by atoms with Gasteiger partial charge in [-0.15, -0.1) is 0 Å². The van der Waals surface area contributed by atoms with Crippen LogP contribution in [0.2, 0.25) is 0 Å². The number of rotatable bonds is 8. The molecule has 0 saturated carbocycles. The molecule has 5 heteroatoms. The van der Waals surface area contributed by atoms with Crippen molar-refractivity contribution in [1.29, 1.82) is 0 Å². The summed E-state index contributed by atoms with van der Waals surface area (Å²) in [5.41, 5.74) is 0. The highest BCUT2D eigenvalue weighted by molar-refractivity contribution is 5.69. The number of hydrogen-bond donors (Lipinski definition) is 0. The highest BCUT2D eigenvalue weighted by atomic mass is 16.6. The van der Waals surface area contributed by atoms with Crippen molar-refractivity contribution in [2.24, 2.45) is 0 Å². The molecule has 1 fully saturated rings. The van der Waals surface area contributed by atoms with E-state index in [1.807, 2.05) is 0 Å². The number of carbonyl (C=O) groups is 2. The number of esters is 1. The van der Waals surface area contributed by atoms with Crippen LogP contribution in [0.15, 0.2) is 0 Å². The molecule has 0 aromatic rings. The van der Waals surface area contributed by atoms with Gasteiger partial charge in [-0.05, 0) is 6.42 Å². The second-order valence-corrected chi connectivity index (χ2v) is 4.19. The third-order valence-electron chi connectivity index (χ3n) is 2.71. The summed E-state index contributed by atoms with van der Waals surface area (Å²) in [7, 11) is 0. The van der Waals surface area contributed by atoms with Crippen LogP contribution in [0.1, 0.15) is 39.0 Å². The predicted molar refractivity (Wildman–Crippen MR) is 60.4 cm³/mol. The molecule has 1 saturated heterocycles. The van der Waals surface area contributed by atoms with E-state index < -0.39 is 0 Å². The third-order valence-corrected chi connectivity index (χ3v) is 2.71. The average molecular weight is 244 g/mol. The quantitative estimate of drug-likeness (QED) is 0.367. The molecule has 0 spiro atoms. The molecule has 1 rings (SSSR count). The second-order valence-electron chi connectivity index (χ2n) is 4.19. The molecule has 0 radical (unpaired) electrons. The highest BCUT2D eigenvalue weighted by Crippen LogP contribution is 2.16. The fourth-order valence-corrected chi connectivity index (χ4v) is 1.74. The number of ether oxygens (including phenoxy) is 3. The first-order valence-corrected chi connectivity index (χ1v) is 6.12. The van der Waals surface area contributed by atoms with Gasteiger partial charge < -0.3 is 14.2 Å². The Morgan fingerprint density at radius 2 is 2.29 bits per heavy atom. The molecular formula is C12H20O5. The van der Waals surface area contributed by atoms with Crippen molar-refractivity contribution in [3.8, 4) is 0 Å². The molecule has 1 heterocycles. The van der Waals surface area contributed by atoms with Gasteiger partial charge in [0.25, 0.3) is 6.47 Å². The van der Waals surface area contributed by atoms with Crippen LogP contribution in [0.5, 0.6) is 0 Å². The van der Waals surface area contributed by atoms with Crippen LogP contribution in [-0.2, 0) is 23.8 Å². The van der Waals surface area contributed by atoms with Crippen molar-refractivity contribution >= 4 is 12.4 Å². The van der Waals surface area contributed by atoms with Crippen LogP contribution in [0.4, 0.5) is 0 Å². The normalized spacial score (nSPS) is 23.4. The molecular weight excluding hydrogens is 224 g/mol. The minimum Gasteiger partial charge on any atom is -0.463 e. The lowest BCUT2D eigenvalue weighted by molar-refractivity contribution is -0.147. The lowest BCUT2D eigenvalue weighted by Crippen LogP contribution is -2.18. The number of unbranched alkanes of at least 4 members (excludes halogenated alkanes) is 2. The Hall–Kier alpha value is -1.10. The molecule has 5 nitrogen and oxygen atoms in total. The summed E-state index contributed by atoms with van der Waals surface area (Å²) in [6.45, 7) is 3.15. The summed E-state index contributed by atoms with van der Waals surface area (Å²) in [6, 6.07) is 0. The second kappa shape index (κ2) is 8.06. The van der Waals surface area contributed by atoms with E-state index in [0.29, 0.717) is 25.9 Å². The number of carbonyl (C=O) groups excluding carboxylic acids is 2. The Morgan fingerprint density at radius 1 is 1.47 bits per heavy atom. The maximum Gasteiger partial charge on any atom is 0.305 e. The van der Waals surface area contributed by atoms with Gasteiger partial charge in [-0.25, -0.2) is 0 Å². The van der Waals surface area contributed by atoms with Crippen LogP contribution in [0, 0.1) is 0 Å². The summed E-state index contributed by atoms with van der Waals surface area (Å²) in [5, 5.41) is 0. The van der Waals surface area contributed by atoms with Gasteiger partial charge >= 0.3 is 5.97 Å². The Labute approximate surface area is 101 Å². The van der Waals surface area contributed by atoms with E-state index in [0.717, 1.165) is 19.3 Å². The van der Waals surface area contributed by atoms with Gasteiger partial charge in [0.15, 0.2) is 0 Å². The minimum atomic E-state index is -0.198. The van der Waals surface area contributed by atoms with Crippen molar-refractivity contribution in [2.45, 2.75) is 51.2 Å². The molecule has 0 bridgehead atoms. The van der Waals surface area contributed by atoms with Gasteiger partial charge in [0.1, 0.15) is 12.7 Å². The Morgan fingerprint density at radius 3 is 3.00 bits per heavy atom. The van der Waals surface area contributed by atoms with E-state index in [9.17, 15) is 9.59 Å². The monoisotopic (exact) mass is 244 g/mol. The van der Waals surface area contributed by atoms with Crippen LogP contribution >= 0.6 is 0 Å². The van der Waals surface area contributed by atoms with Gasteiger partial charge in [-0.2, -0.15) is 0 Å². The SMILES string of the molecule is CCCCCC(=O)OCC1CC(OC=O)CO1. The van der Waals surface area contributed by atoms with E-state index in [2.05, 4.69) is 6.92 Å². The van der Waals surface area contributed by atoms with Crippen molar-refractivity contribution in [3.63, 3.8) is 0 Å². The maximum absolute atomic E-state index is 11.3. The van der Waals surface area contributed by atoms with Crippen molar-refractivity contribution in [1.82, 2.24) is 0 Å². The summed E-state index contributed by atoms with van der Waals surface area (Å²) in [4.78, 5) is 21.4. The van der Waals surface area contributed by atoms with E-state index in [1.165, 1.54) is 0 Å². The highest BCUT2D eigenvalue weighted by Gasteiger charge is 2.27. The fraction of sp³-hybridized carbons (Fsp3) is 0.833. The van der Waals surface area contributed by atoms with Gasteiger partial charge in [0, 0.05) is 12.8 Å². The standard InChI is InChI=1S/C12H20O5/c1-2-3-4-5-12(14)16-8-10-6-11(7-15-10)17-9-13/h9-11H,2-8H2,1H3. The van der Waals surface area contributed by atoms with Gasteiger partial charge in [0.05, 0.1) is 12.7 Å². The van der Waals surface area contributed by atoms with Gasteiger partial charge in [-0.1, -0.05) is 19.8 Å². The zero-order valence-corrected chi connectivity index (χ0v) is 10.2. The topological polar surface area (TPSA) is 61.8 Å². The average Bonchev–Trinajstić information content (AvgIpc) is 2.75. The van der Waals surface area contributed by atoms with Crippen LogP contribution in [-0.4, -0.2) is 37.9 Å². The van der Waals surface area contributed by atoms with Crippen LogP contribution < -0.4 is 0 Å².